The van der Waals surface area contributed by atoms with Gasteiger partial charge < -0.3 is 15.0 Å². The topological polar surface area (TPSA) is 96.0 Å². The van der Waals surface area contributed by atoms with E-state index in [4.69, 9.17) is 16.3 Å². The third-order valence-electron chi connectivity index (χ3n) is 7.14. The zero-order valence-corrected chi connectivity index (χ0v) is 24.2. The minimum absolute atomic E-state index is 0.0413. The standard InChI is InChI=1S/C30H34ClN3O5S/c1-22(30(36)32-24-11-7-8-12-24)33(20-23-10-6-9-15-28(23)31)29(35)21-34(25-16-18-26(39-2)19-17-25)40(37,38)27-13-4-3-5-14-27/h3-6,9-10,13-19,22,24H,7-8,11-12,20-21H2,1-2H3,(H,32,36)/t22-/m1/s1. The largest absolute Gasteiger partial charge is 0.497 e. The number of nitrogens with one attached hydrogen (secondary N) is 1. The van der Waals surface area contributed by atoms with E-state index in [1.165, 1.54) is 24.1 Å². The molecule has 1 saturated carbocycles. The molecule has 1 atom stereocenters. The molecule has 0 aliphatic heterocycles. The molecule has 4 rings (SSSR count). The van der Waals surface area contributed by atoms with E-state index in [1.807, 2.05) is 0 Å². The fourth-order valence-electron chi connectivity index (χ4n) is 4.78. The van der Waals surface area contributed by atoms with Crippen LogP contribution in [0.4, 0.5) is 5.69 Å². The van der Waals surface area contributed by atoms with Gasteiger partial charge in [-0.3, -0.25) is 13.9 Å². The summed E-state index contributed by atoms with van der Waals surface area (Å²) in [6.07, 6.45) is 3.90. The highest BCUT2D eigenvalue weighted by Gasteiger charge is 2.33. The summed E-state index contributed by atoms with van der Waals surface area (Å²) >= 11 is 6.42. The summed E-state index contributed by atoms with van der Waals surface area (Å²) in [6.45, 7) is 1.18. The van der Waals surface area contributed by atoms with Crippen LogP contribution >= 0.6 is 11.6 Å². The van der Waals surface area contributed by atoms with Crippen LogP contribution in [0.3, 0.4) is 0 Å². The Hall–Kier alpha value is -3.56. The average Bonchev–Trinajstić information content (AvgIpc) is 3.48. The monoisotopic (exact) mass is 583 g/mol. The molecule has 0 saturated heterocycles. The molecule has 0 unspecified atom stereocenters. The lowest BCUT2D eigenvalue weighted by Gasteiger charge is -2.32. The molecule has 3 aromatic rings. The number of carbonyl (C=O) groups excluding carboxylic acids is 2. The number of rotatable bonds is 11. The molecule has 0 spiro atoms. The van der Waals surface area contributed by atoms with Crippen LogP contribution in [0.1, 0.15) is 38.2 Å². The minimum atomic E-state index is -4.13. The van der Waals surface area contributed by atoms with E-state index in [0.29, 0.717) is 22.0 Å². The lowest BCUT2D eigenvalue weighted by molar-refractivity contribution is -0.139. The van der Waals surface area contributed by atoms with Crippen LogP contribution < -0.4 is 14.4 Å². The predicted octanol–water partition coefficient (Wildman–Crippen LogP) is 5.02. The zero-order valence-electron chi connectivity index (χ0n) is 22.6. The van der Waals surface area contributed by atoms with Crippen molar-refractivity contribution in [3.05, 3.63) is 89.4 Å². The summed E-state index contributed by atoms with van der Waals surface area (Å²) in [4.78, 5) is 28.7. The molecule has 0 bridgehead atoms. The summed E-state index contributed by atoms with van der Waals surface area (Å²) in [5.41, 5.74) is 0.943. The number of halogens is 1. The van der Waals surface area contributed by atoms with E-state index in [2.05, 4.69) is 5.32 Å². The van der Waals surface area contributed by atoms with Crippen LogP contribution in [0.5, 0.6) is 5.75 Å². The molecule has 10 heteroatoms. The van der Waals surface area contributed by atoms with E-state index in [9.17, 15) is 18.0 Å². The molecule has 3 aromatic carbocycles. The van der Waals surface area contributed by atoms with Gasteiger partial charge in [-0.1, -0.05) is 60.8 Å². The Labute approximate surface area is 240 Å². The number of nitrogens with zero attached hydrogens (tertiary/aromatic N) is 2. The van der Waals surface area contributed by atoms with Crippen LogP contribution in [0.25, 0.3) is 0 Å². The van der Waals surface area contributed by atoms with Crippen molar-refractivity contribution < 1.29 is 22.7 Å². The number of amides is 2. The van der Waals surface area contributed by atoms with Crippen LogP contribution in [0.2, 0.25) is 5.02 Å². The first kappa shape index (κ1) is 29.4. The van der Waals surface area contributed by atoms with Crippen molar-refractivity contribution in [2.24, 2.45) is 0 Å². The van der Waals surface area contributed by atoms with Crippen molar-refractivity contribution >= 4 is 39.1 Å². The van der Waals surface area contributed by atoms with Gasteiger partial charge in [-0.05, 0) is 67.8 Å². The van der Waals surface area contributed by atoms with Gasteiger partial charge in [-0.15, -0.1) is 0 Å². The number of anilines is 1. The molecule has 0 radical (unpaired) electrons. The van der Waals surface area contributed by atoms with Crippen molar-refractivity contribution in [1.29, 1.82) is 0 Å². The summed E-state index contributed by atoms with van der Waals surface area (Å²) in [6, 6.07) is 20.7. The van der Waals surface area contributed by atoms with Crippen molar-refractivity contribution in [3.63, 3.8) is 0 Å². The fraction of sp³-hybridized carbons (Fsp3) is 0.333. The Morgan fingerprint density at radius 1 is 0.975 bits per heavy atom. The number of hydrogen-bond acceptors (Lipinski definition) is 5. The number of ether oxygens (including phenoxy) is 1. The molecule has 1 fully saturated rings. The second-order valence-electron chi connectivity index (χ2n) is 9.80. The Morgan fingerprint density at radius 3 is 2.23 bits per heavy atom. The maximum absolute atomic E-state index is 14.0. The third-order valence-corrected chi connectivity index (χ3v) is 9.29. The van der Waals surface area contributed by atoms with Crippen LogP contribution in [-0.2, 0) is 26.2 Å². The molecule has 1 N–H and O–H groups in total. The Balaban J connectivity index is 1.68. The van der Waals surface area contributed by atoms with Crippen LogP contribution in [0.15, 0.2) is 83.8 Å². The lowest BCUT2D eigenvalue weighted by Crippen LogP contribution is -2.52. The minimum Gasteiger partial charge on any atom is -0.497 e. The van der Waals surface area contributed by atoms with E-state index < -0.39 is 28.5 Å². The average molecular weight is 584 g/mol. The molecule has 40 heavy (non-hydrogen) atoms. The van der Waals surface area contributed by atoms with Gasteiger partial charge in [0.2, 0.25) is 11.8 Å². The van der Waals surface area contributed by atoms with Crippen LogP contribution in [0, 0.1) is 0 Å². The molecule has 0 aromatic heterocycles. The third kappa shape index (κ3) is 6.95. The summed E-state index contributed by atoms with van der Waals surface area (Å²) in [5, 5.41) is 3.51. The van der Waals surface area contributed by atoms with Gasteiger partial charge >= 0.3 is 0 Å². The second-order valence-corrected chi connectivity index (χ2v) is 12.1. The first-order chi connectivity index (χ1) is 19.2. The van der Waals surface area contributed by atoms with Crippen LogP contribution in [-0.4, -0.2) is 50.9 Å². The number of sulfonamides is 1. The van der Waals surface area contributed by atoms with E-state index in [0.717, 1.165) is 30.0 Å². The van der Waals surface area contributed by atoms with Crippen molar-refractivity contribution in [1.82, 2.24) is 10.2 Å². The van der Waals surface area contributed by atoms with E-state index >= 15 is 0 Å². The first-order valence-electron chi connectivity index (χ1n) is 13.3. The molecule has 212 valence electrons. The summed E-state index contributed by atoms with van der Waals surface area (Å²) < 4.78 is 33.9. The van der Waals surface area contributed by atoms with Gasteiger partial charge in [0.15, 0.2) is 0 Å². The predicted molar refractivity (Wildman–Crippen MR) is 156 cm³/mol. The fourth-order valence-corrected chi connectivity index (χ4v) is 6.41. The molecule has 2 amide bonds. The molecular formula is C30H34ClN3O5S. The quantitative estimate of drug-likeness (QED) is 0.342. The first-order valence-corrected chi connectivity index (χ1v) is 15.1. The smallest absolute Gasteiger partial charge is 0.264 e. The number of methoxy groups -OCH3 is 1. The Bertz CT molecular complexity index is 1410. The highest BCUT2D eigenvalue weighted by molar-refractivity contribution is 7.92. The zero-order chi connectivity index (χ0) is 28.7. The lowest BCUT2D eigenvalue weighted by atomic mass is 10.1. The Kier molecular flexibility index (Phi) is 9.71. The number of carbonyl (C=O) groups is 2. The van der Waals surface area contributed by atoms with Gasteiger partial charge in [-0.25, -0.2) is 8.42 Å². The molecular weight excluding hydrogens is 550 g/mol. The van der Waals surface area contributed by atoms with E-state index in [-0.39, 0.29) is 23.4 Å². The summed E-state index contributed by atoms with van der Waals surface area (Å²) in [7, 11) is -2.61. The maximum Gasteiger partial charge on any atom is 0.264 e. The molecule has 8 nitrogen and oxygen atoms in total. The number of hydrogen-bond donors (Lipinski definition) is 1. The van der Waals surface area contributed by atoms with Crippen molar-refractivity contribution in [2.75, 3.05) is 18.0 Å². The summed E-state index contributed by atoms with van der Waals surface area (Å²) in [5.74, 6) is -0.275. The number of benzene rings is 3. The highest BCUT2D eigenvalue weighted by atomic mass is 35.5. The second kappa shape index (κ2) is 13.2. The molecule has 1 aliphatic carbocycles. The normalized spacial score (nSPS) is 14.4. The maximum atomic E-state index is 14.0. The van der Waals surface area contributed by atoms with Crippen molar-refractivity contribution in [2.45, 2.75) is 56.1 Å². The van der Waals surface area contributed by atoms with Gasteiger partial charge in [0.1, 0.15) is 18.3 Å². The van der Waals surface area contributed by atoms with Gasteiger partial charge in [-0.2, -0.15) is 0 Å². The van der Waals surface area contributed by atoms with Gasteiger partial charge in [0, 0.05) is 17.6 Å². The highest BCUT2D eigenvalue weighted by Crippen LogP contribution is 2.27. The van der Waals surface area contributed by atoms with Crippen molar-refractivity contribution in [3.8, 4) is 5.75 Å². The molecule has 1 aliphatic rings. The van der Waals surface area contributed by atoms with Gasteiger partial charge in [0.05, 0.1) is 17.7 Å². The SMILES string of the molecule is COc1ccc(N(CC(=O)N(Cc2ccccc2Cl)[C@H](C)C(=O)NC2CCCC2)S(=O)(=O)c2ccccc2)cc1. The van der Waals surface area contributed by atoms with Gasteiger partial charge in [0.25, 0.3) is 10.0 Å². The van der Waals surface area contributed by atoms with E-state index in [1.54, 1.807) is 73.7 Å². The molecule has 0 heterocycles. The Morgan fingerprint density at radius 2 is 1.60 bits per heavy atom.